The van der Waals surface area contributed by atoms with E-state index in [0.29, 0.717) is 33.1 Å². The maximum Gasteiger partial charge on any atom is 0.309 e. The second-order valence-corrected chi connectivity index (χ2v) is 22.0. The minimum absolute atomic E-state index is 0.0262. The van der Waals surface area contributed by atoms with Gasteiger partial charge in [-0.05, 0) is 38.5 Å². The summed E-state index contributed by atoms with van der Waals surface area (Å²) in [6.45, 7) is 7.10. The van der Waals surface area contributed by atoms with Crippen molar-refractivity contribution in [2.75, 3.05) is 26.3 Å². The van der Waals surface area contributed by atoms with E-state index in [0.717, 1.165) is 109 Å². The van der Waals surface area contributed by atoms with Gasteiger partial charge >= 0.3 is 11.9 Å². The van der Waals surface area contributed by atoms with E-state index in [1.54, 1.807) is 0 Å². The number of nitrogens with one attached hydrogen (secondary N) is 2. The Bertz CT molecular complexity index is 1250. The summed E-state index contributed by atoms with van der Waals surface area (Å²) in [5.41, 5.74) is 0. The molecule has 0 radical (unpaired) electrons. The Balaban J connectivity index is 4.39. The topological polar surface area (TPSA) is 128 Å². The first-order valence-electron chi connectivity index (χ1n) is 32.7. The van der Waals surface area contributed by atoms with Gasteiger partial charge in [-0.3, -0.25) is 24.0 Å². The van der Waals surface area contributed by atoms with Gasteiger partial charge in [-0.15, -0.1) is 0 Å². The lowest BCUT2D eigenvalue weighted by Gasteiger charge is -2.15. The quantitative estimate of drug-likeness (QED) is 0.0459. The Morgan fingerprint density at radius 3 is 1.10 bits per heavy atom. The fraction of sp³-hybridized carbons (Fsp3) is 0.922. The highest BCUT2D eigenvalue weighted by Crippen LogP contribution is 2.20. The number of carbonyl (C=O) groups excluding carboxylic acids is 5. The van der Waals surface area contributed by atoms with Crippen molar-refractivity contribution >= 4 is 29.5 Å². The molecule has 0 heterocycles. The van der Waals surface area contributed by atoms with Crippen LogP contribution in [0.3, 0.4) is 0 Å². The SMILES string of the molecule is [2H]CCCCCCNC(=O)CCCCCCCCCCCNC(=O)CCC(=O)CC(CCC(=O)OCCCCCCCCCCCCCCCCCC)C(=O)OCCCCCCCCCCCCCCCCCC. The van der Waals surface area contributed by atoms with Crippen LogP contribution < -0.4 is 10.6 Å². The van der Waals surface area contributed by atoms with Crippen molar-refractivity contribution in [3.63, 3.8) is 0 Å². The van der Waals surface area contributed by atoms with Gasteiger partial charge in [0.25, 0.3) is 0 Å². The molecule has 1 atom stereocenters. The Labute approximate surface area is 453 Å². The maximum absolute atomic E-state index is 13.3. The monoisotopic (exact) mass is 1030 g/mol. The molecule has 0 fully saturated rings. The van der Waals surface area contributed by atoms with Gasteiger partial charge in [0.1, 0.15) is 5.78 Å². The van der Waals surface area contributed by atoms with Crippen LogP contribution in [-0.2, 0) is 33.4 Å². The summed E-state index contributed by atoms with van der Waals surface area (Å²) in [5, 5.41) is 5.97. The molecule has 2 amide bonds. The van der Waals surface area contributed by atoms with Crippen molar-refractivity contribution in [1.82, 2.24) is 10.6 Å². The molecule has 1 unspecified atom stereocenters. The molecular weight excluding hydrogens is 909 g/mol. The van der Waals surface area contributed by atoms with Crippen LogP contribution in [0.4, 0.5) is 0 Å². The first kappa shape index (κ1) is 68.6. The minimum Gasteiger partial charge on any atom is -0.466 e. The summed E-state index contributed by atoms with van der Waals surface area (Å²) < 4.78 is 18.4. The third-order valence-corrected chi connectivity index (χ3v) is 14.8. The van der Waals surface area contributed by atoms with Gasteiger partial charge in [-0.1, -0.05) is 278 Å². The van der Waals surface area contributed by atoms with E-state index in [4.69, 9.17) is 10.8 Å². The van der Waals surface area contributed by atoms with E-state index >= 15 is 0 Å². The van der Waals surface area contributed by atoms with Crippen molar-refractivity contribution in [3.8, 4) is 0 Å². The highest BCUT2D eigenvalue weighted by molar-refractivity contribution is 5.88. The van der Waals surface area contributed by atoms with E-state index < -0.39 is 11.9 Å². The van der Waals surface area contributed by atoms with Gasteiger partial charge in [0.05, 0.1) is 19.1 Å². The largest absolute Gasteiger partial charge is 0.466 e. The average molecular weight is 1030 g/mol. The van der Waals surface area contributed by atoms with E-state index in [9.17, 15) is 24.0 Å². The molecule has 0 aliphatic rings. The predicted molar refractivity (Wildman–Crippen MR) is 309 cm³/mol. The number of hydrogen-bond acceptors (Lipinski definition) is 7. The third-order valence-electron chi connectivity index (χ3n) is 14.8. The Hall–Kier alpha value is -2.45. The highest BCUT2D eigenvalue weighted by atomic mass is 16.5. The molecular formula is C64H122N2O7. The summed E-state index contributed by atoms with van der Waals surface area (Å²) in [6.07, 6.45) is 56.0. The second-order valence-electron chi connectivity index (χ2n) is 22.0. The molecule has 0 spiro atoms. The zero-order valence-corrected chi connectivity index (χ0v) is 48.5. The number of ether oxygens (including phenoxy) is 2. The molecule has 73 heavy (non-hydrogen) atoms. The average Bonchev–Trinajstić information content (AvgIpc) is 3.39. The molecule has 0 saturated heterocycles. The molecule has 0 aliphatic carbocycles. The van der Waals surface area contributed by atoms with Crippen LogP contribution in [0, 0.1) is 5.92 Å². The maximum atomic E-state index is 13.3. The van der Waals surface area contributed by atoms with E-state index in [1.165, 1.54) is 186 Å². The van der Waals surface area contributed by atoms with Crippen molar-refractivity contribution in [1.29, 1.82) is 0 Å². The fourth-order valence-electron chi connectivity index (χ4n) is 9.83. The van der Waals surface area contributed by atoms with Crippen LogP contribution in [-0.4, -0.2) is 55.8 Å². The molecule has 0 saturated carbocycles. The molecule has 0 bridgehead atoms. The van der Waals surface area contributed by atoms with E-state index in [-0.39, 0.29) is 55.7 Å². The molecule has 0 aromatic heterocycles. The van der Waals surface area contributed by atoms with Gasteiger partial charge in [0.2, 0.25) is 11.8 Å². The van der Waals surface area contributed by atoms with Crippen LogP contribution in [0.1, 0.15) is 350 Å². The summed E-state index contributed by atoms with van der Waals surface area (Å²) in [7, 11) is 0. The predicted octanol–water partition coefficient (Wildman–Crippen LogP) is 18.4. The lowest BCUT2D eigenvalue weighted by Crippen LogP contribution is -2.26. The second kappa shape index (κ2) is 58.8. The lowest BCUT2D eigenvalue weighted by atomic mass is 9.95. The molecule has 0 rings (SSSR count). The first-order chi connectivity index (χ1) is 36.3. The summed E-state index contributed by atoms with van der Waals surface area (Å²) >= 11 is 0. The van der Waals surface area contributed by atoms with Gasteiger partial charge in [-0.25, -0.2) is 0 Å². The number of rotatable bonds is 60. The number of Topliss-reactive ketones (excluding diaryl/α,β-unsaturated/α-hetero) is 1. The normalized spacial score (nSPS) is 11.9. The number of hydrogen-bond donors (Lipinski definition) is 2. The zero-order chi connectivity index (χ0) is 53.9. The van der Waals surface area contributed by atoms with Crippen LogP contribution in [0.2, 0.25) is 0 Å². The van der Waals surface area contributed by atoms with Crippen molar-refractivity contribution < 1.29 is 34.8 Å². The highest BCUT2D eigenvalue weighted by Gasteiger charge is 2.25. The Morgan fingerprint density at radius 2 is 0.685 bits per heavy atom. The van der Waals surface area contributed by atoms with Crippen LogP contribution in [0.15, 0.2) is 0 Å². The number of carbonyl (C=O) groups is 5. The van der Waals surface area contributed by atoms with Crippen LogP contribution in [0.5, 0.6) is 0 Å². The standard InChI is InChI=1S/C64H122N2O7/c1-4-7-10-13-15-17-19-21-23-25-27-29-34-38-42-47-56-72-63(70)53-50-59(64(71)73-57-48-43-39-35-30-28-26-24-22-20-18-16-14-11-8-5-2)58-60(67)51-52-62(69)66-55-46-41-37-33-31-32-36-40-44-49-61(68)65-54-45-12-9-6-3/h59H,4-58H2,1-3H3,(H,65,68)(H,66,69)/i3D. The van der Waals surface area contributed by atoms with E-state index in [1.807, 2.05) is 0 Å². The van der Waals surface area contributed by atoms with Crippen molar-refractivity contribution in [2.45, 2.75) is 348 Å². The summed E-state index contributed by atoms with van der Waals surface area (Å²) in [4.78, 5) is 63.8. The first-order valence-corrected chi connectivity index (χ1v) is 32.0. The van der Waals surface area contributed by atoms with Gasteiger partial charge in [0.15, 0.2) is 0 Å². The van der Waals surface area contributed by atoms with Gasteiger partial charge in [-0.2, -0.15) is 0 Å². The molecule has 9 heteroatoms. The number of ketones is 1. The van der Waals surface area contributed by atoms with Crippen molar-refractivity contribution in [2.24, 2.45) is 5.92 Å². The van der Waals surface area contributed by atoms with Gasteiger partial charge in [0, 0.05) is 46.6 Å². The smallest absolute Gasteiger partial charge is 0.309 e. The van der Waals surface area contributed by atoms with Crippen molar-refractivity contribution in [3.05, 3.63) is 0 Å². The van der Waals surface area contributed by atoms with E-state index in [2.05, 4.69) is 24.5 Å². The molecule has 9 nitrogen and oxygen atoms in total. The van der Waals surface area contributed by atoms with Gasteiger partial charge < -0.3 is 20.1 Å². The summed E-state index contributed by atoms with van der Waals surface area (Å²) in [6, 6.07) is 0. The molecule has 2 N–H and O–H groups in total. The summed E-state index contributed by atoms with van der Waals surface area (Å²) in [5.74, 6) is -1.61. The minimum atomic E-state index is -0.716. The molecule has 0 aromatic rings. The zero-order valence-electron chi connectivity index (χ0n) is 49.5. The third kappa shape index (κ3) is 55.6. The number of unbranched alkanes of at least 4 members (excludes halogenated alkanes) is 41. The number of amides is 2. The molecule has 430 valence electrons. The Kier molecular flexibility index (Phi) is 55.2. The molecule has 0 aliphatic heterocycles. The van der Waals surface area contributed by atoms with Crippen LogP contribution in [0.25, 0.3) is 0 Å². The lowest BCUT2D eigenvalue weighted by molar-refractivity contribution is -0.151. The number of esters is 2. The van der Waals surface area contributed by atoms with Crippen LogP contribution >= 0.6 is 0 Å². The Morgan fingerprint density at radius 1 is 0.356 bits per heavy atom. The molecule has 0 aromatic carbocycles. The fourth-order valence-corrected chi connectivity index (χ4v) is 9.83.